The molecule has 98 valence electrons. The number of anilines is 1. The number of benzene rings is 1. The number of urea groups is 1. The highest BCUT2D eigenvalue weighted by atomic mass is 79.9. The van der Waals surface area contributed by atoms with Crippen LogP contribution >= 0.6 is 15.9 Å². The molecule has 1 aliphatic rings. The van der Waals surface area contributed by atoms with Crippen molar-refractivity contribution in [3.63, 3.8) is 0 Å². The van der Waals surface area contributed by atoms with Gasteiger partial charge < -0.3 is 15.7 Å². The Morgan fingerprint density at radius 2 is 1.78 bits per heavy atom. The van der Waals surface area contributed by atoms with Gasteiger partial charge in [0, 0.05) is 16.2 Å². The molecular formula is C13H17BrN2O2. The summed E-state index contributed by atoms with van der Waals surface area (Å²) >= 11 is 3.34. The van der Waals surface area contributed by atoms with Gasteiger partial charge in [-0.3, -0.25) is 0 Å². The molecule has 1 aromatic carbocycles. The van der Waals surface area contributed by atoms with E-state index < -0.39 is 0 Å². The number of hydrogen-bond acceptors (Lipinski definition) is 2. The van der Waals surface area contributed by atoms with Crippen LogP contribution in [0.5, 0.6) is 0 Å². The Morgan fingerprint density at radius 3 is 2.39 bits per heavy atom. The number of amides is 2. The summed E-state index contributed by atoms with van der Waals surface area (Å²) in [5.74, 6) is 0. The van der Waals surface area contributed by atoms with E-state index in [9.17, 15) is 9.90 Å². The third-order valence-corrected chi connectivity index (χ3v) is 3.66. The van der Waals surface area contributed by atoms with Crippen molar-refractivity contribution in [1.29, 1.82) is 0 Å². The average molecular weight is 313 g/mol. The van der Waals surface area contributed by atoms with Gasteiger partial charge in [-0.2, -0.15) is 0 Å². The number of rotatable bonds is 2. The maximum atomic E-state index is 11.8. The molecule has 0 saturated heterocycles. The second kappa shape index (κ2) is 6.20. The van der Waals surface area contributed by atoms with E-state index in [1.165, 1.54) is 0 Å². The van der Waals surface area contributed by atoms with Crippen molar-refractivity contribution in [3.8, 4) is 0 Å². The van der Waals surface area contributed by atoms with E-state index in [-0.39, 0.29) is 18.2 Å². The SMILES string of the molecule is O=C(Nc1ccc(Br)cc1)NC1CCC(O)CC1. The Kier molecular flexibility index (Phi) is 4.60. The number of aliphatic hydroxyl groups excluding tert-OH is 1. The molecule has 0 radical (unpaired) electrons. The summed E-state index contributed by atoms with van der Waals surface area (Å²) in [5, 5.41) is 15.1. The van der Waals surface area contributed by atoms with Crippen molar-refractivity contribution in [2.75, 3.05) is 5.32 Å². The Bertz CT molecular complexity index is 400. The number of carbonyl (C=O) groups is 1. The number of hydrogen-bond donors (Lipinski definition) is 3. The highest BCUT2D eigenvalue weighted by Gasteiger charge is 2.20. The number of halogens is 1. The molecule has 1 saturated carbocycles. The van der Waals surface area contributed by atoms with Crippen LogP contribution in [0.15, 0.2) is 28.7 Å². The molecule has 0 aromatic heterocycles. The maximum absolute atomic E-state index is 11.8. The Balaban J connectivity index is 1.80. The first-order valence-electron chi connectivity index (χ1n) is 6.14. The van der Waals surface area contributed by atoms with Gasteiger partial charge in [-0.1, -0.05) is 15.9 Å². The van der Waals surface area contributed by atoms with Crippen LogP contribution < -0.4 is 10.6 Å². The predicted octanol–water partition coefficient (Wildman–Crippen LogP) is 2.87. The number of carbonyl (C=O) groups excluding carboxylic acids is 1. The van der Waals surface area contributed by atoms with Crippen LogP contribution in [0.1, 0.15) is 25.7 Å². The molecule has 0 bridgehead atoms. The molecule has 0 spiro atoms. The summed E-state index contributed by atoms with van der Waals surface area (Å²) < 4.78 is 0.981. The summed E-state index contributed by atoms with van der Waals surface area (Å²) in [6, 6.07) is 7.43. The highest BCUT2D eigenvalue weighted by Crippen LogP contribution is 2.18. The zero-order chi connectivity index (χ0) is 13.0. The average Bonchev–Trinajstić information content (AvgIpc) is 2.35. The first-order valence-corrected chi connectivity index (χ1v) is 6.94. The van der Waals surface area contributed by atoms with Crippen molar-refractivity contribution in [2.24, 2.45) is 0 Å². The molecule has 0 heterocycles. The topological polar surface area (TPSA) is 61.4 Å². The molecule has 1 aliphatic carbocycles. The lowest BCUT2D eigenvalue weighted by atomic mass is 9.93. The minimum Gasteiger partial charge on any atom is -0.393 e. The van der Waals surface area contributed by atoms with Gasteiger partial charge in [0.1, 0.15) is 0 Å². The fraction of sp³-hybridized carbons (Fsp3) is 0.462. The summed E-state index contributed by atoms with van der Waals surface area (Å²) in [7, 11) is 0. The molecular weight excluding hydrogens is 296 g/mol. The molecule has 18 heavy (non-hydrogen) atoms. The van der Waals surface area contributed by atoms with E-state index in [1.807, 2.05) is 24.3 Å². The van der Waals surface area contributed by atoms with Crippen molar-refractivity contribution in [2.45, 2.75) is 37.8 Å². The lowest BCUT2D eigenvalue weighted by Crippen LogP contribution is -2.40. The van der Waals surface area contributed by atoms with Crippen molar-refractivity contribution in [3.05, 3.63) is 28.7 Å². The van der Waals surface area contributed by atoms with E-state index in [0.29, 0.717) is 0 Å². The van der Waals surface area contributed by atoms with Crippen LogP contribution in [0, 0.1) is 0 Å². The van der Waals surface area contributed by atoms with Gasteiger partial charge >= 0.3 is 6.03 Å². The predicted molar refractivity (Wildman–Crippen MR) is 74.6 cm³/mol. The molecule has 0 aliphatic heterocycles. The Hall–Kier alpha value is -1.07. The fourth-order valence-electron chi connectivity index (χ4n) is 2.11. The van der Waals surface area contributed by atoms with Crippen LogP contribution in [0.2, 0.25) is 0 Å². The standard InChI is InChI=1S/C13H17BrN2O2/c14-9-1-3-10(4-2-9)15-13(18)16-11-5-7-12(17)8-6-11/h1-4,11-12,17H,5-8H2,(H2,15,16,18). The van der Waals surface area contributed by atoms with Gasteiger partial charge in [0.2, 0.25) is 0 Å². The summed E-state index contributed by atoms with van der Waals surface area (Å²) in [6.45, 7) is 0. The Morgan fingerprint density at radius 1 is 1.17 bits per heavy atom. The van der Waals surface area contributed by atoms with Crippen LogP contribution in [0.4, 0.5) is 10.5 Å². The van der Waals surface area contributed by atoms with Crippen LogP contribution in [-0.2, 0) is 0 Å². The number of aliphatic hydroxyl groups is 1. The van der Waals surface area contributed by atoms with Gasteiger partial charge in [0.25, 0.3) is 0 Å². The Labute approximate surface area is 115 Å². The van der Waals surface area contributed by atoms with Crippen LogP contribution in [0.3, 0.4) is 0 Å². The van der Waals surface area contributed by atoms with E-state index in [4.69, 9.17) is 0 Å². The first kappa shape index (κ1) is 13.4. The van der Waals surface area contributed by atoms with Crippen LogP contribution in [-0.4, -0.2) is 23.3 Å². The van der Waals surface area contributed by atoms with E-state index >= 15 is 0 Å². The summed E-state index contributed by atoms with van der Waals surface area (Å²) in [6.07, 6.45) is 3.02. The second-order valence-corrected chi connectivity index (χ2v) is 5.53. The smallest absolute Gasteiger partial charge is 0.319 e. The van der Waals surface area contributed by atoms with E-state index in [2.05, 4.69) is 26.6 Å². The quantitative estimate of drug-likeness (QED) is 0.786. The summed E-state index contributed by atoms with van der Waals surface area (Å²) in [5.41, 5.74) is 0.770. The number of nitrogens with one attached hydrogen (secondary N) is 2. The molecule has 4 nitrogen and oxygen atoms in total. The molecule has 0 atom stereocenters. The van der Waals surface area contributed by atoms with Crippen molar-refractivity contribution < 1.29 is 9.90 Å². The largest absolute Gasteiger partial charge is 0.393 e. The van der Waals surface area contributed by atoms with Crippen molar-refractivity contribution in [1.82, 2.24) is 5.32 Å². The maximum Gasteiger partial charge on any atom is 0.319 e. The normalized spacial score (nSPS) is 23.4. The minimum atomic E-state index is -0.197. The van der Waals surface area contributed by atoms with Gasteiger partial charge in [0.15, 0.2) is 0 Å². The van der Waals surface area contributed by atoms with E-state index in [0.717, 1.165) is 35.8 Å². The molecule has 1 fully saturated rings. The van der Waals surface area contributed by atoms with Gasteiger partial charge in [0.05, 0.1) is 6.10 Å². The fourth-order valence-corrected chi connectivity index (χ4v) is 2.37. The molecule has 2 amide bonds. The van der Waals surface area contributed by atoms with Gasteiger partial charge in [-0.15, -0.1) is 0 Å². The monoisotopic (exact) mass is 312 g/mol. The third kappa shape index (κ3) is 3.99. The van der Waals surface area contributed by atoms with Crippen molar-refractivity contribution >= 4 is 27.6 Å². The van der Waals surface area contributed by atoms with Crippen LogP contribution in [0.25, 0.3) is 0 Å². The summed E-state index contributed by atoms with van der Waals surface area (Å²) in [4.78, 5) is 11.8. The zero-order valence-corrected chi connectivity index (χ0v) is 11.6. The molecule has 3 N–H and O–H groups in total. The van der Waals surface area contributed by atoms with Gasteiger partial charge in [-0.25, -0.2) is 4.79 Å². The lowest BCUT2D eigenvalue weighted by Gasteiger charge is -2.26. The minimum absolute atomic E-state index is 0.170. The highest BCUT2D eigenvalue weighted by molar-refractivity contribution is 9.10. The van der Waals surface area contributed by atoms with E-state index in [1.54, 1.807) is 0 Å². The lowest BCUT2D eigenvalue weighted by molar-refractivity contribution is 0.118. The first-order chi connectivity index (χ1) is 8.63. The molecule has 1 aromatic rings. The molecule has 5 heteroatoms. The molecule has 0 unspecified atom stereocenters. The second-order valence-electron chi connectivity index (χ2n) is 4.61. The van der Waals surface area contributed by atoms with Gasteiger partial charge in [-0.05, 0) is 49.9 Å². The zero-order valence-electron chi connectivity index (χ0n) is 10.0. The third-order valence-electron chi connectivity index (χ3n) is 3.13. The molecule has 2 rings (SSSR count).